The van der Waals surface area contributed by atoms with Crippen LogP contribution in [0.1, 0.15) is 46.5 Å². The monoisotopic (exact) mass is 488 g/mol. The van der Waals surface area contributed by atoms with Gasteiger partial charge >= 0.3 is 5.97 Å². The Morgan fingerprint density at radius 2 is 1.27 bits per heavy atom. The first kappa shape index (κ1) is 23.3. The molecule has 0 amide bonds. The second-order valence-electron chi connectivity index (χ2n) is 9.16. The third kappa shape index (κ3) is 3.59. The van der Waals surface area contributed by atoms with E-state index >= 15 is 0 Å². The summed E-state index contributed by atoms with van der Waals surface area (Å²) in [6.45, 7) is 5.71. The van der Waals surface area contributed by atoms with E-state index in [0.717, 1.165) is 49.5 Å². The summed E-state index contributed by atoms with van der Waals surface area (Å²) in [5.74, 6) is 0.488. The molecule has 184 valence electrons. The van der Waals surface area contributed by atoms with Crippen LogP contribution in [0, 0.1) is 0 Å². The number of fused-ring (bicyclic) bond motifs is 3. The number of hydrogen-bond acceptors (Lipinski definition) is 4. The van der Waals surface area contributed by atoms with Gasteiger partial charge in [0.25, 0.3) is 0 Å². The molecule has 0 N–H and O–H groups in total. The highest BCUT2D eigenvalue weighted by Crippen LogP contribution is 2.51. The third-order valence-electron chi connectivity index (χ3n) is 7.19. The summed E-state index contributed by atoms with van der Waals surface area (Å²) in [7, 11) is 0. The number of hydrogen-bond donors (Lipinski definition) is 0. The Bertz CT molecular complexity index is 1640. The second kappa shape index (κ2) is 9.38. The SMILES string of the molecule is CCOCc1ccc(C2(c3ccc(OCC)c4ccccc34)OC(=O)c3ccccc32)c2ccccc12. The van der Waals surface area contributed by atoms with E-state index in [4.69, 9.17) is 14.2 Å². The normalized spacial score (nSPS) is 16.6. The van der Waals surface area contributed by atoms with Gasteiger partial charge in [-0.25, -0.2) is 4.79 Å². The highest BCUT2D eigenvalue weighted by molar-refractivity contribution is 6.01. The van der Waals surface area contributed by atoms with Gasteiger partial charge in [-0.2, -0.15) is 0 Å². The van der Waals surface area contributed by atoms with Crippen molar-refractivity contribution in [3.63, 3.8) is 0 Å². The summed E-state index contributed by atoms with van der Waals surface area (Å²) in [6, 6.07) is 32.4. The summed E-state index contributed by atoms with van der Waals surface area (Å²) in [5.41, 5.74) is 3.25. The predicted molar refractivity (Wildman–Crippen MR) is 146 cm³/mol. The summed E-state index contributed by atoms with van der Waals surface area (Å²) in [5, 5.41) is 4.09. The molecule has 0 bridgehead atoms. The molecular formula is C33H28O4. The molecule has 0 aromatic heterocycles. The first-order chi connectivity index (χ1) is 18.2. The van der Waals surface area contributed by atoms with Crippen molar-refractivity contribution in [3.8, 4) is 5.75 Å². The topological polar surface area (TPSA) is 44.8 Å². The van der Waals surface area contributed by atoms with Crippen LogP contribution in [-0.2, 0) is 21.7 Å². The maximum Gasteiger partial charge on any atom is 0.340 e. The van der Waals surface area contributed by atoms with E-state index in [9.17, 15) is 4.79 Å². The summed E-state index contributed by atoms with van der Waals surface area (Å²) >= 11 is 0. The molecule has 1 aliphatic heterocycles. The minimum atomic E-state index is -1.12. The maximum absolute atomic E-state index is 13.4. The van der Waals surface area contributed by atoms with Crippen molar-refractivity contribution in [1.29, 1.82) is 0 Å². The van der Waals surface area contributed by atoms with E-state index in [1.807, 2.05) is 74.5 Å². The standard InChI is InChI=1S/C33H28O4/c1-3-35-21-22-17-18-29(24-12-6-5-11-23(22)24)33(28-16-10-9-15-27(28)32(34)37-33)30-19-20-31(36-4-2)26-14-8-7-13-25(26)30/h5-20H,3-4,21H2,1-2H3. The molecule has 5 aromatic carbocycles. The number of carbonyl (C=O) groups excluding carboxylic acids is 1. The van der Waals surface area contributed by atoms with E-state index in [1.165, 1.54) is 0 Å². The van der Waals surface area contributed by atoms with Crippen LogP contribution in [0.2, 0.25) is 0 Å². The van der Waals surface area contributed by atoms with Gasteiger partial charge in [0.05, 0.1) is 18.8 Å². The van der Waals surface area contributed by atoms with Crippen LogP contribution < -0.4 is 4.74 Å². The minimum Gasteiger partial charge on any atom is -0.493 e. The van der Waals surface area contributed by atoms with Gasteiger partial charge in [-0.1, -0.05) is 78.9 Å². The molecule has 0 saturated carbocycles. The molecule has 1 heterocycles. The third-order valence-corrected chi connectivity index (χ3v) is 7.19. The van der Waals surface area contributed by atoms with Crippen molar-refractivity contribution in [3.05, 3.63) is 125 Å². The number of esters is 1. The molecule has 0 radical (unpaired) electrons. The van der Waals surface area contributed by atoms with Crippen molar-refractivity contribution in [1.82, 2.24) is 0 Å². The molecule has 4 heteroatoms. The van der Waals surface area contributed by atoms with Crippen LogP contribution in [0.25, 0.3) is 21.5 Å². The molecule has 4 nitrogen and oxygen atoms in total. The van der Waals surface area contributed by atoms with Crippen molar-refractivity contribution in [2.24, 2.45) is 0 Å². The quantitative estimate of drug-likeness (QED) is 0.224. The zero-order valence-corrected chi connectivity index (χ0v) is 21.0. The number of benzene rings is 5. The molecule has 37 heavy (non-hydrogen) atoms. The Balaban J connectivity index is 1.72. The van der Waals surface area contributed by atoms with Crippen molar-refractivity contribution < 1.29 is 19.0 Å². The van der Waals surface area contributed by atoms with Gasteiger partial charge < -0.3 is 14.2 Å². The largest absolute Gasteiger partial charge is 0.493 e. The van der Waals surface area contributed by atoms with Crippen molar-refractivity contribution in [2.75, 3.05) is 13.2 Å². The van der Waals surface area contributed by atoms with Crippen LogP contribution in [0.5, 0.6) is 5.75 Å². The zero-order valence-electron chi connectivity index (χ0n) is 21.0. The summed E-state index contributed by atoms with van der Waals surface area (Å²) in [6.07, 6.45) is 0. The smallest absolute Gasteiger partial charge is 0.340 e. The first-order valence-corrected chi connectivity index (χ1v) is 12.8. The fourth-order valence-corrected chi connectivity index (χ4v) is 5.63. The Kier molecular flexibility index (Phi) is 5.90. The summed E-state index contributed by atoms with van der Waals surface area (Å²) < 4.78 is 18.3. The molecule has 6 rings (SSSR count). The van der Waals surface area contributed by atoms with Gasteiger partial charge in [0, 0.05) is 28.7 Å². The van der Waals surface area contributed by atoms with Gasteiger partial charge in [0.1, 0.15) is 5.75 Å². The molecule has 5 aromatic rings. The van der Waals surface area contributed by atoms with E-state index < -0.39 is 5.60 Å². The number of rotatable bonds is 7. The van der Waals surface area contributed by atoms with E-state index in [0.29, 0.717) is 25.4 Å². The number of cyclic esters (lactones) is 1. The first-order valence-electron chi connectivity index (χ1n) is 12.8. The highest BCUT2D eigenvalue weighted by Gasteiger charge is 2.50. The molecule has 1 atom stereocenters. The van der Waals surface area contributed by atoms with Crippen LogP contribution in [0.4, 0.5) is 0 Å². The molecule has 0 fully saturated rings. The van der Waals surface area contributed by atoms with Crippen LogP contribution in [0.15, 0.2) is 97.1 Å². The fraction of sp³-hybridized carbons (Fsp3) is 0.182. The highest BCUT2D eigenvalue weighted by atomic mass is 16.6. The van der Waals surface area contributed by atoms with Gasteiger partial charge in [-0.3, -0.25) is 0 Å². The molecule has 0 saturated heterocycles. The lowest BCUT2D eigenvalue weighted by Gasteiger charge is -2.33. The molecule has 1 aliphatic rings. The lowest BCUT2D eigenvalue weighted by molar-refractivity contribution is 0.0260. The maximum atomic E-state index is 13.4. The fourth-order valence-electron chi connectivity index (χ4n) is 5.63. The molecule has 1 unspecified atom stereocenters. The van der Waals surface area contributed by atoms with Crippen molar-refractivity contribution >= 4 is 27.5 Å². The van der Waals surface area contributed by atoms with Crippen LogP contribution in [-0.4, -0.2) is 19.2 Å². The molecule has 0 spiro atoms. The predicted octanol–water partition coefficient (Wildman–Crippen LogP) is 7.39. The summed E-state index contributed by atoms with van der Waals surface area (Å²) in [4.78, 5) is 13.4. The Morgan fingerprint density at radius 1 is 0.649 bits per heavy atom. The second-order valence-corrected chi connectivity index (χ2v) is 9.16. The molecular weight excluding hydrogens is 460 g/mol. The lowest BCUT2D eigenvalue weighted by atomic mass is 9.76. The Labute approximate surface area is 216 Å². The number of ether oxygens (including phenoxy) is 3. The minimum absolute atomic E-state index is 0.323. The van der Waals surface area contributed by atoms with Gasteiger partial charge in [0.15, 0.2) is 5.60 Å². The van der Waals surface area contributed by atoms with Crippen LogP contribution >= 0.6 is 0 Å². The zero-order chi connectivity index (χ0) is 25.4. The Hall–Kier alpha value is -4.15. The average Bonchev–Trinajstić information content (AvgIpc) is 3.25. The van der Waals surface area contributed by atoms with E-state index in [-0.39, 0.29) is 5.97 Å². The Morgan fingerprint density at radius 3 is 2.00 bits per heavy atom. The molecule has 0 aliphatic carbocycles. The average molecular weight is 489 g/mol. The van der Waals surface area contributed by atoms with Gasteiger partial charge in [-0.05, 0) is 53.8 Å². The van der Waals surface area contributed by atoms with Crippen molar-refractivity contribution in [2.45, 2.75) is 26.1 Å². The van der Waals surface area contributed by atoms with Crippen LogP contribution in [0.3, 0.4) is 0 Å². The van der Waals surface area contributed by atoms with E-state index in [2.05, 4.69) is 36.4 Å². The van der Waals surface area contributed by atoms with E-state index in [1.54, 1.807) is 0 Å². The number of carbonyl (C=O) groups is 1. The van der Waals surface area contributed by atoms with Gasteiger partial charge in [0.2, 0.25) is 0 Å². The lowest BCUT2D eigenvalue weighted by Crippen LogP contribution is -2.30. The van der Waals surface area contributed by atoms with Gasteiger partial charge in [-0.15, -0.1) is 0 Å².